The lowest BCUT2D eigenvalue weighted by atomic mass is 10.1. The van der Waals surface area contributed by atoms with E-state index in [-0.39, 0.29) is 18.0 Å². The van der Waals surface area contributed by atoms with Crippen molar-refractivity contribution in [1.29, 1.82) is 0 Å². The Hall–Kier alpha value is -3.14. The second-order valence-corrected chi connectivity index (χ2v) is 9.50. The van der Waals surface area contributed by atoms with Gasteiger partial charge >= 0.3 is 11.8 Å². The number of aromatic nitrogens is 2. The molecule has 10 nitrogen and oxygen atoms in total. The summed E-state index contributed by atoms with van der Waals surface area (Å²) in [5, 5.41) is 5.02. The number of fused-ring (bicyclic) bond motifs is 1. The van der Waals surface area contributed by atoms with Crippen LogP contribution in [-0.4, -0.2) is 52.4 Å². The third-order valence-corrected chi connectivity index (χ3v) is 5.56. The summed E-state index contributed by atoms with van der Waals surface area (Å²) in [6.45, 7) is 7.07. The highest BCUT2D eigenvalue weighted by Crippen LogP contribution is 2.24. The topological polar surface area (TPSA) is 121 Å². The number of imide groups is 1. The third kappa shape index (κ3) is 6.47. The maximum absolute atomic E-state index is 12.8. The van der Waals surface area contributed by atoms with Gasteiger partial charge in [0.2, 0.25) is 11.8 Å². The van der Waals surface area contributed by atoms with Crippen LogP contribution in [0.25, 0.3) is 11.0 Å². The molecule has 3 rings (SSSR count). The van der Waals surface area contributed by atoms with Crippen LogP contribution in [0.5, 0.6) is 0 Å². The molecule has 1 aromatic carbocycles. The fourth-order valence-corrected chi connectivity index (χ4v) is 3.95. The van der Waals surface area contributed by atoms with E-state index >= 15 is 0 Å². The van der Waals surface area contributed by atoms with Crippen molar-refractivity contribution in [2.75, 3.05) is 19.8 Å². The number of carbonyl (C=O) groups excluding carboxylic acids is 3. The first-order valence-electron chi connectivity index (χ1n) is 11.6. The summed E-state index contributed by atoms with van der Waals surface area (Å²) in [4.78, 5) is 48.2. The Morgan fingerprint density at radius 2 is 1.88 bits per heavy atom. The molecule has 2 heterocycles. The number of amides is 3. The highest BCUT2D eigenvalue weighted by atomic mass is 16.6. The molecule has 1 aliphatic rings. The van der Waals surface area contributed by atoms with Crippen molar-refractivity contribution in [3.63, 3.8) is 0 Å². The Kier molecular flexibility index (Phi) is 8.14. The third-order valence-electron chi connectivity index (χ3n) is 5.56. The average Bonchev–Trinajstić information content (AvgIpc) is 2.99. The molecule has 2 N–H and O–H groups in total. The molecule has 2 aromatic rings. The van der Waals surface area contributed by atoms with Gasteiger partial charge in [-0.25, -0.2) is 9.59 Å². The minimum Gasteiger partial charge on any atom is -0.444 e. The lowest BCUT2D eigenvalue weighted by molar-refractivity contribution is -0.135. The van der Waals surface area contributed by atoms with E-state index in [1.807, 2.05) is 39.0 Å². The number of piperidine rings is 1. The van der Waals surface area contributed by atoms with Crippen molar-refractivity contribution in [1.82, 2.24) is 19.8 Å². The number of carbonyl (C=O) groups is 3. The van der Waals surface area contributed by atoms with Crippen molar-refractivity contribution < 1.29 is 23.9 Å². The zero-order valence-electron chi connectivity index (χ0n) is 20.3. The van der Waals surface area contributed by atoms with Crippen LogP contribution in [0.2, 0.25) is 0 Å². The normalized spacial score (nSPS) is 16.5. The lowest BCUT2D eigenvalue weighted by Gasteiger charge is -2.21. The van der Waals surface area contributed by atoms with Crippen molar-refractivity contribution in [3.05, 3.63) is 34.2 Å². The molecule has 0 radical (unpaired) electrons. The number of hydrogen-bond acceptors (Lipinski definition) is 6. The molecule has 186 valence electrons. The number of ether oxygens (including phenoxy) is 2. The van der Waals surface area contributed by atoms with Crippen molar-refractivity contribution >= 4 is 28.9 Å². The summed E-state index contributed by atoms with van der Waals surface area (Å²) in [6, 6.07) is 5.09. The average molecular weight is 475 g/mol. The molecule has 0 bridgehead atoms. The molecular formula is C24H34N4O6. The van der Waals surface area contributed by atoms with Crippen molar-refractivity contribution in [2.24, 2.45) is 7.05 Å². The predicted molar refractivity (Wildman–Crippen MR) is 127 cm³/mol. The van der Waals surface area contributed by atoms with Crippen LogP contribution in [0.3, 0.4) is 0 Å². The van der Waals surface area contributed by atoms with Gasteiger partial charge in [0.15, 0.2) is 0 Å². The van der Waals surface area contributed by atoms with Crippen LogP contribution in [0.4, 0.5) is 4.79 Å². The molecular weight excluding hydrogens is 440 g/mol. The van der Waals surface area contributed by atoms with Gasteiger partial charge in [-0.05, 0) is 64.2 Å². The maximum Gasteiger partial charge on any atom is 0.407 e. The summed E-state index contributed by atoms with van der Waals surface area (Å²) in [6.07, 6.45) is 2.39. The van der Waals surface area contributed by atoms with Gasteiger partial charge < -0.3 is 14.8 Å². The van der Waals surface area contributed by atoms with E-state index in [1.165, 1.54) is 9.13 Å². The van der Waals surface area contributed by atoms with Crippen LogP contribution in [-0.2, 0) is 32.5 Å². The number of rotatable bonds is 9. The smallest absolute Gasteiger partial charge is 0.407 e. The number of nitrogens with one attached hydrogen (secondary N) is 2. The summed E-state index contributed by atoms with van der Waals surface area (Å²) in [5.74, 6) is -0.744. The molecule has 1 aliphatic heterocycles. The number of imidazole rings is 1. The Labute approximate surface area is 198 Å². The van der Waals surface area contributed by atoms with E-state index in [9.17, 15) is 19.2 Å². The molecule has 0 aliphatic carbocycles. The SMILES string of the molecule is Cn1c(=O)n(C2CCC(=O)NC2=O)c2ccc(CCCOCCCNC(=O)OC(C)(C)C)cc21. The second kappa shape index (κ2) is 10.9. The van der Waals surface area contributed by atoms with Gasteiger partial charge in [-0.3, -0.25) is 24.0 Å². The Morgan fingerprint density at radius 1 is 1.15 bits per heavy atom. The quantitative estimate of drug-likeness (QED) is 0.425. The molecule has 1 atom stereocenters. The molecule has 0 saturated carbocycles. The maximum atomic E-state index is 12.8. The van der Waals surface area contributed by atoms with Crippen LogP contribution in [0.15, 0.2) is 23.0 Å². The van der Waals surface area contributed by atoms with Crippen LogP contribution in [0.1, 0.15) is 58.1 Å². The Morgan fingerprint density at radius 3 is 2.59 bits per heavy atom. The van der Waals surface area contributed by atoms with Crippen LogP contribution >= 0.6 is 0 Å². The second-order valence-electron chi connectivity index (χ2n) is 9.50. The van der Waals surface area contributed by atoms with Gasteiger partial charge in [0, 0.05) is 33.2 Å². The number of nitrogens with zero attached hydrogens (tertiary/aromatic N) is 2. The molecule has 1 saturated heterocycles. The Balaban J connectivity index is 1.47. The Bertz CT molecular complexity index is 1110. The summed E-state index contributed by atoms with van der Waals surface area (Å²) >= 11 is 0. The van der Waals surface area contributed by atoms with E-state index < -0.39 is 23.6 Å². The lowest BCUT2D eigenvalue weighted by Crippen LogP contribution is -2.44. The first kappa shape index (κ1) is 25.5. The van der Waals surface area contributed by atoms with E-state index in [1.54, 1.807) is 7.05 Å². The first-order valence-corrected chi connectivity index (χ1v) is 11.6. The fourth-order valence-electron chi connectivity index (χ4n) is 3.95. The molecule has 1 fully saturated rings. The molecule has 34 heavy (non-hydrogen) atoms. The van der Waals surface area contributed by atoms with E-state index in [2.05, 4.69) is 10.6 Å². The minimum atomic E-state index is -0.682. The molecule has 1 aromatic heterocycles. The van der Waals surface area contributed by atoms with E-state index in [4.69, 9.17) is 9.47 Å². The van der Waals surface area contributed by atoms with Crippen molar-refractivity contribution in [3.8, 4) is 0 Å². The summed E-state index contributed by atoms with van der Waals surface area (Å²) in [5.41, 5.74) is 1.72. The van der Waals surface area contributed by atoms with Gasteiger partial charge in [0.25, 0.3) is 0 Å². The summed E-state index contributed by atoms with van der Waals surface area (Å²) < 4.78 is 13.8. The number of benzene rings is 1. The zero-order chi connectivity index (χ0) is 24.9. The summed E-state index contributed by atoms with van der Waals surface area (Å²) in [7, 11) is 1.69. The van der Waals surface area contributed by atoms with Crippen molar-refractivity contribution in [2.45, 2.75) is 64.5 Å². The van der Waals surface area contributed by atoms with Crippen LogP contribution < -0.4 is 16.3 Å². The van der Waals surface area contributed by atoms with Gasteiger partial charge in [-0.15, -0.1) is 0 Å². The van der Waals surface area contributed by atoms with Crippen LogP contribution in [0, 0.1) is 0 Å². The number of hydrogen-bond donors (Lipinski definition) is 2. The molecule has 10 heteroatoms. The standard InChI is InChI=1S/C24H34N4O6/c1-24(2,3)34-22(31)25-12-6-14-33-13-5-7-16-8-9-17-19(15-16)27(4)23(32)28(17)18-10-11-20(29)26-21(18)30/h8-9,15,18H,5-7,10-14H2,1-4H3,(H,25,31)(H,26,29,30). The number of alkyl carbamates (subject to hydrolysis) is 1. The highest BCUT2D eigenvalue weighted by Gasteiger charge is 2.31. The number of aryl methyl sites for hydroxylation is 2. The molecule has 0 spiro atoms. The van der Waals surface area contributed by atoms with E-state index in [0.29, 0.717) is 38.1 Å². The largest absolute Gasteiger partial charge is 0.444 e. The van der Waals surface area contributed by atoms with Gasteiger partial charge in [-0.2, -0.15) is 0 Å². The molecule has 3 amide bonds. The predicted octanol–water partition coefficient (Wildman–Crippen LogP) is 2.18. The van der Waals surface area contributed by atoms with Gasteiger partial charge in [0.1, 0.15) is 11.6 Å². The van der Waals surface area contributed by atoms with E-state index in [0.717, 1.165) is 23.9 Å². The molecule has 1 unspecified atom stereocenters. The monoisotopic (exact) mass is 474 g/mol. The van der Waals surface area contributed by atoms with Gasteiger partial charge in [-0.1, -0.05) is 6.07 Å². The first-order chi connectivity index (χ1) is 16.1. The zero-order valence-corrected chi connectivity index (χ0v) is 20.3. The highest BCUT2D eigenvalue weighted by molar-refractivity contribution is 6.00. The van der Waals surface area contributed by atoms with Gasteiger partial charge in [0.05, 0.1) is 11.0 Å². The minimum absolute atomic E-state index is 0.217. The fraction of sp³-hybridized carbons (Fsp3) is 0.583.